The van der Waals surface area contributed by atoms with E-state index in [1.807, 2.05) is 6.92 Å². The lowest BCUT2D eigenvalue weighted by Gasteiger charge is -2.22. The van der Waals surface area contributed by atoms with Crippen LogP contribution in [-0.4, -0.2) is 14.5 Å². The van der Waals surface area contributed by atoms with Crippen LogP contribution in [0.1, 0.15) is 33.6 Å². The molecule has 1 unspecified atom stereocenters. The van der Waals surface area contributed by atoms with E-state index < -0.39 is 10.0 Å². The zero-order chi connectivity index (χ0) is 13.8. The highest BCUT2D eigenvalue weighted by Gasteiger charge is 2.21. The quantitative estimate of drug-likeness (QED) is 0.865. The first-order chi connectivity index (χ1) is 8.40. The van der Waals surface area contributed by atoms with E-state index >= 15 is 0 Å². The highest BCUT2D eigenvalue weighted by atomic mass is 79.9. The molecule has 0 radical (unpaired) electrons. The van der Waals surface area contributed by atoms with Crippen molar-refractivity contribution in [2.75, 3.05) is 0 Å². The number of rotatable bonds is 6. The first-order valence-corrected chi connectivity index (χ1v) is 8.46. The Morgan fingerprint density at radius 2 is 1.67 bits per heavy atom. The van der Waals surface area contributed by atoms with E-state index in [-0.39, 0.29) is 6.04 Å². The molecule has 0 aliphatic heterocycles. The van der Waals surface area contributed by atoms with E-state index in [2.05, 4.69) is 34.5 Å². The van der Waals surface area contributed by atoms with Crippen molar-refractivity contribution in [2.45, 2.75) is 44.6 Å². The third-order valence-electron chi connectivity index (χ3n) is 3.22. The van der Waals surface area contributed by atoms with Crippen LogP contribution in [0.4, 0.5) is 0 Å². The summed E-state index contributed by atoms with van der Waals surface area (Å²) in [6.07, 6.45) is 1.95. The molecule has 1 aromatic rings. The normalized spacial score (nSPS) is 13.8. The van der Waals surface area contributed by atoms with Gasteiger partial charge in [-0.15, -0.1) is 0 Å². The van der Waals surface area contributed by atoms with E-state index in [9.17, 15) is 8.42 Å². The van der Waals surface area contributed by atoms with Crippen molar-refractivity contribution in [1.82, 2.24) is 4.72 Å². The van der Waals surface area contributed by atoms with Gasteiger partial charge in [0.2, 0.25) is 10.0 Å². The Balaban J connectivity index is 2.85. The molecular weight excluding hydrogens is 314 g/mol. The molecule has 0 fully saturated rings. The fourth-order valence-corrected chi connectivity index (χ4v) is 3.60. The molecule has 0 aromatic heterocycles. The molecule has 1 atom stereocenters. The summed E-state index contributed by atoms with van der Waals surface area (Å²) in [5.41, 5.74) is 0. The Labute approximate surface area is 118 Å². The molecule has 18 heavy (non-hydrogen) atoms. The van der Waals surface area contributed by atoms with Crippen LogP contribution in [0.3, 0.4) is 0 Å². The van der Waals surface area contributed by atoms with Gasteiger partial charge in [0.1, 0.15) is 0 Å². The Kier molecular flexibility index (Phi) is 5.82. The van der Waals surface area contributed by atoms with Crippen molar-refractivity contribution in [3.8, 4) is 0 Å². The van der Waals surface area contributed by atoms with E-state index in [0.717, 1.165) is 17.3 Å². The van der Waals surface area contributed by atoms with Gasteiger partial charge in [-0.25, -0.2) is 13.1 Å². The summed E-state index contributed by atoms with van der Waals surface area (Å²) < 4.78 is 27.9. The number of hydrogen-bond donors (Lipinski definition) is 1. The summed E-state index contributed by atoms with van der Waals surface area (Å²) in [5.74, 6) is 0.371. The van der Waals surface area contributed by atoms with Crippen LogP contribution in [0.2, 0.25) is 0 Å². The Bertz CT molecular complexity index is 466. The lowest BCUT2D eigenvalue weighted by Crippen LogP contribution is -2.37. The molecule has 0 heterocycles. The fraction of sp³-hybridized carbons (Fsp3) is 0.538. The molecule has 3 nitrogen and oxygen atoms in total. The third-order valence-corrected chi connectivity index (χ3v) is 5.32. The maximum absolute atomic E-state index is 12.2. The van der Waals surface area contributed by atoms with E-state index in [0.29, 0.717) is 10.8 Å². The summed E-state index contributed by atoms with van der Waals surface area (Å²) in [5, 5.41) is 0. The molecule has 1 N–H and O–H groups in total. The Morgan fingerprint density at radius 1 is 1.17 bits per heavy atom. The lowest BCUT2D eigenvalue weighted by molar-refractivity contribution is 0.391. The van der Waals surface area contributed by atoms with Crippen LogP contribution in [0, 0.1) is 5.92 Å². The topological polar surface area (TPSA) is 46.2 Å². The maximum atomic E-state index is 12.2. The van der Waals surface area contributed by atoms with Gasteiger partial charge in [-0.2, -0.15) is 0 Å². The molecule has 0 aliphatic rings. The molecular formula is C13H20BrNO2S. The van der Waals surface area contributed by atoms with Crippen LogP contribution in [0.25, 0.3) is 0 Å². The predicted molar refractivity (Wildman–Crippen MR) is 78.0 cm³/mol. The third kappa shape index (κ3) is 4.07. The van der Waals surface area contributed by atoms with Gasteiger partial charge in [0.25, 0.3) is 0 Å². The van der Waals surface area contributed by atoms with Gasteiger partial charge in [0.05, 0.1) is 4.90 Å². The summed E-state index contributed by atoms with van der Waals surface area (Å²) in [4.78, 5) is 0.309. The average Bonchev–Trinajstić information content (AvgIpc) is 2.30. The van der Waals surface area contributed by atoms with Crippen molar-refractivity contribution in [1.29, 1.82) is 0 Å². The van der Waals surface area contributed by atoms with Crippen LogP contribution in [-0.2, 0) is 10.0 Å². The molecule has 0 aliphatic carbocycles. The van der Waals surface area contributed by atoms with Gasteiger partial charge in [0, 0.05) is 10.5 Å². The molecule has 0 saturated heterocycles. The van der Waals surface area contributed by atoms with Gasteiger partial charge >= 0.3 is 0 Å². The number of nitrogens with one attached hydrogen (secondary N) is 1. The first-order valence-electron chi connectivity index (χ1n) is 6.18. The lowest BCUT2D eigenvalue weighted by atomic mass is 9.96. The molecule has 1 rings (SSSR count). The fourth-order valence-electron chi connectivity index (χ4n) is 2.02. The van der Waals surface area contributed by atoms with Crippen LogP contribution >= 0.6 is 15.9 Å². The largest absolute Gasteiger partial charge is 0.240 e. The molecule has 0 bridgehead atoms. The van der Waals surface area contributed by atoms with E-state index in [4.69, 9.17) is 0 Å². The average molecular weight is 334 g/mol. The van der Waals surface area contributed by atoms with Gasteiger partial charge in [-0.3, -0.25) is 0 Å². The minimum atomic E-state index is -3.41. The molecule has 0 spiro atoms. The smallest absolute Gasteiger partial charge is 0.208 e. The number of halogens is 1. The van der Waals surface area contributed by atoms with Crippen molar-refractivity contribution in [2.24, 2.45) is 5.92 Å². The minimum Gasteiger partial charge on any atom is -0.208 e. The molecule has 0 saturated carbocycles. The zero-order valence-electron chi connectivity index (χ0n) is 11.0. The van der Waals surface area contributed by atoms with Crippen molar-refractivity contribution in [3.05, 3.63) is 28.7 Å². The number of hydrogen-bond acceptors (Lipinski definition) is 2. The number of benzene rings is 1. The second kappa shape index (κ2) is 6.68. The van der Waals surface area contributed by atoms with Crippen LogP contribution in [0.15, 0.2) is 33.6 Å². The van der Waals surface area contributed by atoms with Crippen molar-refractivity contribution < 1.29 is 8.42 Å². The van der Waals surface area contributed by atoms with Crippen molar-refractivity contribution in [3.63, 3.8) is 0 Å². The second-order valence-corrected chi connectivity index (χ2v) is 7.07. The first kappa shape index (κ1) is 15.7. The van der Waals surface area contributed by atoms with E-state index in [1.54, 1.807) is 24.3 Å². The predicted octanol–water partition coefficient (Wildman–Crippen LogP) is 3.55. The summed E-state index contributed by atoms with van der Waals surface area (Å²) in [6, 6.07) is 6.62. The van der Waals surface area contributed by atoms with Crippen molar-refractivity contribution >= 4 is 26.0 Å². The SMILES string of the molecule is CCC(CC)C(C)NS(=O)(=O)c1ccc(Br)cc1. The van der Waals surface area contributed by atoms with Crippen LogP contribution < -0.4 is 4.72 Å². The maximum Gasteiger partial charge on any atom is 0.240 e. The summed E-state index contributed by atoms with van der Waals surface area (Å²) >= 11 is 3.29. The molecule has 5 heteroatoms. The molecule has 102 valence electrons. The monoisotopic (exact) mass is 333 g/mol. The standard InChI is InChI=1S/C13H20BrNO2S/c1-4-11(5-2)10(3)15-18(16,17)13-8-6-12(14)7-9-13/h6-11,15H,4-5H2,1-3H3. The van der Waals surface area contributed by atoms with Gasteiger partial charge < -0.3 is 0 Å². The van der Waals surface area contributed by atoms with E-state index in [1.165, 1.54) is 0 Å². The minimum absolute atomic E-state index is 0.0475. The van der Waals surface area contributed by atoms with Gasteiger partial charge in [-0.05, 0) is 37.1 Å². The zero-order valence-corrected chi connectivity index (χ0v) is 13.4. The Morgan fingerprint density at radius 3 is 2.11 bits per heavy atom. The molecule has 1 aromatic carbocycles. The van der Waals surface area contributed by atoms with Gasteiger partial charge in [-0.1, -0.05) is 42.6 Å². The Hall–Kier alpha value is -0.390. The molecule has 0 amide bonds. The highest BCUT2D eigenvalue weighted by Crippen LogP contribution is 2.18. The summed E-state index contributed by atoms with van der Waals surface area (Å²) in [6.45, 7) is 6.09. The second-order valence-electron chi connectivity index (χ2n) is 4.44. The number of sulfonamides is 1. The van der Waals surface area contributed by atoms with Crippen LogP contribution in [0.5, 0.6) is 0 Å². The highest BCUT2D eigenvalue weighted by molar-refractivity contribution is 9.10. The van der Waals surface area contributed by atoms with Gasteiger partial charge in [0.15, 0.2) is 0 Å². The summed E-state index contributed by atoms with van der Waals surface area (Å²) in [7, 11) is -3.41.